The van der Waals surface area contributed by atoms with Gasteiger partial charge in [0, 0.05) is 18.6 Å². The van der Waals surface area contributed by atoms with E-state index in [0.29, 0.717) is 16.9 Å². The van der Waals surface area contributed by atoms with Gasteiger partial charge in [-0.05, 0) is 36.8 Å². The Kier molecular flexibility index (Phi) is 4.83. The second-order valence-electron chi connectivity index (χ2n) is 5.69. The Hall–Kier alpha value is -3.04. The number of amides is 1. The summed E-state index contributed by atoms with van der Waals surface area (Å²) in [5.74, 6) is 0.330. The number of carbonyl (C=O) groups is 1. The van der Waals surface area contributed by atoms with Crippen LogP contribution in [0.15, 0.2) is 66.2 Å². The van der Waals surface area contributed by atoms with Gasteiger partial charge in [-0.15, -0.1) is 0 Å². The molecule has 3 aromatic rings. The van der Waals surface area contributed by atoms with Crippen molar-refractivity contribution in [1.29, 1.82) is 0 Å². The highest BCUT2D eigenvalue weighted by atomic mass is 32.2. The topological polar surface area (TPSA) is 120 Å². The van der Waals surface area contributed by atoms with Crippen LogP contribution in [0.2, 0.25) is 0 Å². The van der Waals surface area contributed by atoms with E-state index in [-0.39, 0.29) is 10.8 Å². The summed E-state index contributed by atoms with van der Waals surface area (Å²) in [5.41, 5.74) is 1.02. The molecular weight excluding hydrogens is 354 g/mol. The predicted molar refractivity (Wildman–Crippen MR) is 95.1 cm³/mol. The molecule has 2 heterocycles. The van der Waals surface area contributed by atoms with Crippen molar-refractivity contribution in [2.75, 3.05) is 0 Å². The highest BCUT2D eigenvalue weighted by Crippen LogP contribution is 2.17. The van der Waals surface area contributed by atoms with Gasteiger partial charge in [0.25, 0.3) is 5.91 Å². The van der Waals surface area contributed by atoms with Crippen molar-refractivity contribution >= 4 is 15.9 Å². The normalized spacial score (nSPS) is 12.5. The summed E-state index contributed by atoms with van der Waals surface area (Å²) in [6.45, 7) is 1.76. The van der Waals surface area contributed by atoms with Crippen molar-refractivity contribution in [2.45, 2.75) is 17.9 Å². The number of nitrogens with zero attached hydrogens (tertiary/aromatic N) is 3. The standard InChI is InChI=1S/C17H17N5O3S/c1-12(13-3-2-4-15(9-13)26(18,24)25)21-17(23)14-5-6-16(20-10-14)22-8-7-19-11-22/h2-12H,1H3,(H,21,23)(H2,18,24,25). The molecule has 26 heavy (non-hydrogen) atoms. The molecule has 1 unspecified atom stereocenters. The first-order chi connectivity index (χ1) is 12.3. The van der Waals surface area contributed by atoms with E-state index in [1.807, 2.05) is 0 Å². The van der Waals surface area contributed by atoms with E-state index in [1.54, 1.807) is 54.5 Å². The molecule has 1 aromatic carbocycles. The first-order valence-corrected chi connectivity index (χ1v) is 9.27. The van der Waals surface area contributed by atoms with Gasteiger partial charge < -0.3 is 5.32 Å². The molecule has 0 saturated carbocycles. The third-order valence-corrected chi connectivity index (χ3v) is 4.72. The van der Waals surface area contributed by atoms with Crippen LogP contribution < -0.4 is 10.5 Å². The summed E-state index contributed by atoms with van der Waals surface area (Å²) in [5, 5.41) is 7.95. The van der Waals surface area contributed by atoms with E-state index >= 15 is 0 Å². The molecule has 3 rings (SSSR count). The number of benzene rings is 1. The van der Waals surface area contributed by atoms with Crippen molar-refractivity contribution in [3.8, 4) is 5.82 Å². The zero-order valence-corrected chi connectivity index (χ0v) is 14.7. The van der Waals surface area contributed by atoms with Gasteiger partial charge in [-0.2, -0.15) is 0 Å². The molecule has 1 amide bonds. The van der Waals surface area contributed by atoms with Crippen LogP contribution in [0.1, 0.15) is 28.9 Å². The van der Waals surface area contributed by atoms with Gasteiger partial charge in [0.2, 0.25) is 10.0 Å². The molecule has 134 valence electrons. The van der Waals surface area contributed by atoms with Gasteiger partial charge in [0.15, 0.2) is 0 Å². The minimum Gasteiger partial charge on any atom is -0.345 e. The van der Waals surface area contributed by atoms with Crippen LogP contribution in [-0.2, 0) is 10.0 Å². The molecule has 0 saturated heterocycles. The second kappa shape index (κ2) is 7.06. The van der Waals surface area contributed by atoms with Gasteiger partial charge in [0.1, 0.15) is 12.1 Å². The average molecular weight is 371 g/mol. The molecule has 0 aliphatic heterocycles. The molecule has 0 radical (unpaired) electrons. The number of hydrogen-bond acceptors (Lipinski definition) is 5. The molecular formula is C17H17N5O3S. The fourth-order valence-electron chi connectivity index (χ4n) is 2.39. The SMILES string of the molecule is CC(NC(=O)c1ccc(-n2ccnc2)nc1)c1cccc(S(N)(=O)=O)c1. The Morgan fingerprint density at radius 1 is 1.27 bits per heavy atom. The largest absolute Gasteiger partial charge is 0.345 e. The Morgan fingerprint density at radius 2 is 2.08 bits per heavy atom. The lowest BCUT2D eigenvalue weighted by molar-refractivity contribution is 0.0939. The Labute approximate surface area is 150 Å². The fourth-order valence-corrected chi connectivity index (χ4v) is 2.96. The summed E-state index contributed by atoms with van der Waals surface area (Å²) in [4.78, 5) is 20.6. The van der Waals surface area contributed by atoms with E-state index in [2.05, 4.69) is 15.3 Å². The zero-order chi connectivity index (χ0) is 18.7. The number of primary sulfonamides is 1. The molecule has 0 aliphatic rings. The maximum Gasteiger partial charge on any atom is 0.253 e. The number of sulfonamides is 1. The van der Waals surface area contributed by atoms with E-state index in [4.69, 9.17) is 5.14 Å². The van der Waals surface area contributed by atoms with Crippen molar-refractivity contribution < 1.29 is 13.2 Å². The van der Waals surface area contributed by atoms with Gasteiger partial charge in [0.05, 0.1) is 16.5 Å². The number of aromatic nitrogens is 3. The molecule has 9 heteroatoms. The van der Waals surface area contributed by atoms with Gasteiger partial charge in [-0.25, -0.2) is 23.5 Å². The molecule has 2 aromatic heterocycles. The average Bonchev–Trinajstić information content (AvgIpc) is 3.16. The Morgan fingerprint density at radius 3 is 2.69 bits per heavy atom. The van der Waals surface area contributed by atoms with Crippen LogP contribution in [-0.4, -0.2) is 28.9 Å². The van der Waals surface area contributed by atoms with Crippen molar-refractivity contribution in [2.24, 2.45) is 5.14 Å². The maximum atomic E-state index is 12.4. The summed E-state index contributed by atoms with van der Waals surface area (Å²) in [6.07, 6.45) is 6.48. The minimum atomic E-state index is -3.80. The lowest BCUT2D eigenvalue weighted by Crippen LogP contribution is -2.27. The lowest BCUT2D eigenvalue weighted by Gasteiger charge is -2.15. The Balaban J connectivity index is 1.73. The first kappa shape index (κ1) is 17.8. The fraction of sp³-hybridized carbons (Fsp3) is 0.118. The van der Waals surface area contributed by atoms with Crippen molar-refractivity contribution in [3.05, 3.63) is 72.4 Å². The number of hydrogen-bond donors (Lipinski definition) is 2. The van der Waals surface area contributed by atoms with Crippen LogP contribution >= 0.6 is 0 Å². The molecule has 1 atom stereocenters. The molecule has 3 N–H and O–H groups in total. The van der Waals surface area contributed by atoms with E-state index in [1.165, 1.54) is 18.3 Å². The van der Waals surface area contributed by atoms with Crippen molar-refractivity contribution in [3.63, 3.8) is 0 Å². The van der Waals surface area contributed by atoms with Gasteiger partial charge in [-0.1, -0.05) is 12.1 Å². The Bertz CT molecular complexity index is 1010. The molecule has 0 spiro atoms. The number of rotatable bonds is 5. The third kappa shape index (κ3) is 3.95. The molecule has 0 bridgehead atoms. The second-order valence-corrected chi connectivity index (χ2v) is 7.25. The maximum absolute atomic E-state index is 12.4. The van der Waals surface area contributed by atoms with E-state index < -0.39 is 16.1 Å². The number of nitrogens with one attached hydrogen (secondary N) is 1. The number of pyridine rings is 1. The monoisotopic (exact) mass is 371 g/mol. The highest BCUT2D eigenvalue weighted by molar-refractivity contribution is 7.89. The number of carbonyl (C=O) groups excluding carboxylic acids is 1. The minimum absolute atomic E-state index is 0.00227. The molecule has 0 aliphatic carbocycles. The van der Waals surface area contributed by atoms with Crippen LogP contribution in [0.5, 0.6) is 0 Å². The summed E-state index contributed by atoms with van der Waals surface area (Å²) in [6, 6.07) is 9.12. The van der Waals surface area contributed by atoms with Crippen molar-refractivity contribution in [1.82, 2.24) is 19.9 Å². The van der Waals surface area contributed by atoms with Crippen LogP contribution in [0.3, 0.4) is 0 Å². The lowest BCUT2D eigenvalue weighted by atomic mass is 10.1. The van der Waals surface area contributed by atoms with Gasteiger partial charge >= 0.3 is 0 Å². The molecule has 0 fully saturated rings. The number of imidazole rings is 1. The van der Waals surface area contributed by atoms with Crippen LogP contribution in [0, 0.1) is 0 Å². The predicted octanol–water partition coefficient (Wildman–Crippen LogP) is 1.41. The van der Waals surface area contributed by atoms with E-state index in [9.17, 15) is 13.2 Å². The zero-order valence-electron chi connectivity index (χ0n) is 13.9. The summed E-state index contributed by atoms with van der Waals surface area (Å²) < 4.78 is 24.6. The third-order valence-electron chi connectivity index (χ3n) is 3.81. The smallest absolute Gasteiger partial charge is 0.253 e. The van der Waals surface area contributed by atoms with Crippen LogP contribution in [0.4, 0.5) is 0 Å². The van der Waals surface area contributed by atoms with E-state index in [0.717, 1.165) is 0 Å². The molecule has 8 nitrogen and oxygen atoms in total. The summed E-state index contributed by atoms with van der Waals surface area (Å²) in [7, 11) is -3.80. The first-order valence-electron chi connectivity index (χ1n) is 7.72. The number of nitrogens with two attached hydrogens (primary N) is 1. The highest BCUT2D eigenvalue weighted by Gasteiger charge is 2.15. The summed E-state index contributed by atoms with van der Waals surface area (Å²) >= 11 is 0. The van der Waals surface area contributed by atoms with Crippen LogP contribution in [0.25, 0.3) is 5.82 Å². The quantitative estimate of drug-likeness (QED) is 0.702. The van der Waals surface area contributed by atoms with Gasteiger partial charge in [-0.3, -0.25) is 9.36 Å².